The number of nitrogens with two attached hydrogens (primary N) is 1. The van der Waals surface area contributed by atoms with Crippen LogP contribution >= 0.6 is 23.4 Å². The van der Waals surface area contributed by atoms with E-state index in [2.05, 4.69) is 6.07 Å². The monoisotopic (exact) mass is 297 g/mol. The van der Waals surface area contributed by atoms with E-state index in [9.17, 15) is 0 Å². The number of thioether (sulfide) groups is 1. The number of hydrogen-bond donors (Lipinski definition) is 1. The Morgan fingerprint density at radius 1 is 1.21 bits per heavy atom. The molecule has 2 nitrogen and oxygen atoms in total. The van der Waals surface area contributed by atoms with Gasteiger partial charge in [-0.05, 0) is 30.5 Å². The predicted molar refractivity (Wildman–Crippen MR) is 82.1 cm³/mol. The Morgan fingerprint density at radius 3 is 2.53 bits per heavy atom. The van der Waals surface area contributed by atoms with Crippen LogP contribution in [0.25, 0.3) is 0 Å². The summed E-state index contributed by atoms with van der Waals surface area (Å²) in [6, 6.07) is 6.09. The summed E-state index contributed by atoms with van der Waals surface area (Å²) in [6.07, 6.45) is 6.17. The largest absolute Gasteiger partial charge is 0.487 e. The molecule has 104 valence electrons. The second-order valence-electron chi connectivity index (χ2n) is 5.64. The number of hydrogen-bond acceptors (Lipinski definition) is 3. The Morgan fingerprint density at radius 2 is 1.95 bits per heavy atom. The molecule has 0 aromatic heterocycles. The molecule has 1 aromatic carbocycles. The first-order chi connectivity index (χ1) is 9.17. The summed E-state index contributed by atoms with van der Waals surface area (Å²) in [5, 5.41) is 0.699. The molecule has 1 aliphatic carbocycles. The summed E-state index contributed by atoms with van der Waals surface area (Å²) >= 11 is 8.26. The molecule has 0 spiro atoms. The van der Waals surface area contributed by atoms with Crippen LogP contribution < -0.4 is 10.5 Å². The van der Waals surface area contributed by atoms with Gasteiger partial charge in [0, 0.05) is 17.0 Å². The van der Waals surface area contributed by atoms with Crippen molar-refractivity contribution in [2.75, 3.05) is 11.5 Å². The molecule has 2 N–H and O–H groups in total. The van der Waals surface area contributed by atoms with Gasteiger partial charge < -0.3 is 10.5 Å². The summed E-state index contributed by atoms with van der Waals surface area (Å²) in [4.78, 5) is 0. The Kier molecular flexibility index (Phi) is 3.97. The molecule has 1 saturated carbocycles. The van der Waals surface area contributed by atoms with Crippen LogP contribution in [0.3, 0.4) is 0 Å². The quantitative estimate of drug-likeness (QED) is 0.917. The number of benzene rings is 1. The molecule has 3 rings (SSSR count). The van der Waals surface area contributed by atoms with Gasteiger partial charge in [-0.25, -0.2) is 0 Å². The van der Waals surface area contributed by atoms with Gasteiger partial charge in [-0.15, -0.1) is 0 Å². The molecule has 1 heterocycles. The fourth-order valence-corrected chi connectivity index (χ4v) is 3.63. The van der Waals surface area contributed by atoms with Crippen molar-refractivity contribution >= 4 is 23.4 Å². The van der Waals surface area contributed by atoms with Gasteiger partial charge in [-0.3, -0.25) is 0 Å². The summed E-state index contributed by atoms with van der Waals surface area (Å²) in [7, 11) is 0. The lowest BCUT2D eigenvalue weighted by Gasteiger charge is -2.34. The number of rotatable bonds is 3. The maximum absolute atomic E-state index is 6.54. The van der Waals surface area contributed by atoms with Crippen LogP contribution in [0.15, 0.2) is 18.2 Å². The van der Waals surface area contributed by atoms with Crippen molar-refractivity contribution in [1.29, 1.82) is 0 Å². The summed E-state index contributed by atoms with van der Waals surface area (Å²) < 4.78 is 5.86. The second-order valence-corrected chi connectivity index (χ2v) is 7.12. The minimum absolute atomic E-state index is 0.188. The third kappa shape index (κ3) is 2.88. The first kappa shape index (κ1) is 13.6. The highest BCUT2D eigenvalue weighted by molar-refractivity contribution is 8.00. The van der Waals surface area contributed by atoms with Gasteiger partial charge in [-0.1, -0.05) is 36.9 Å². The smallest absolute Gasteiger partial charge is 0.138 e. The van der Waals surface area contributed by atoms with Crippen LogP contribution in [-0.2, 0) is 5.54 Å². The van der Waals surface area contributed by atoms with Crippen LogP contribution in [-0.4, -0.2) is 17.6 Å². The van der Waals surface area contributed by atoms with Crippen molar-refractivity contribution in [3.8, 4) is 5.75 Å². The van der Waals surface area contributed by atoms with Gasteiger partial charge in [0.05, 0.1) is 5.02 Å². The molecule has 0 unspecified atom stereocenters. The maximum Gasteiger partial charge on any atom is 0.138 e. The maximum atomic E-state index is 6.54. The highest BCUT2D eigenvalue weighted by atomic mass is 35.5. The molecule has 2 aliphatic rings. The van der Waals surface area contributed by atoms with E-state index in [1.54, 1.807) is 0 Å². The normalized spacial score (nSPS) is 22.8. The standard InChI is InChI=1S/C15H20ClNOS/c16-13-8-11(15(17)6-2-1-3-7-15)4-5-14(13)18-12-9-19-10-12/h4-5,8,12H,1-3,6-7,9-10,17H2. The average molecular weight is 298 g/mol. The van der Waals surface area contributed by atoms with E-state index in [0.717, 1.165) is 35.7 Å². The first-order valence-electron chi connectivity index (χ1n) is 7.01. The lowest BCUT2D eigenvalue weighted by Crippen LogP contribution is -2.38. The highest BCUT2D eigenvalue weighted by Gasteiger charge is 2.30. The van der Waals surface area contributed by atoms with Crippen LogP contribution in [0.5, 0.6) is 5.75 Å². The van der Waals surface area contributed by atoms with E-state index in [-0.39, 0.29) is 5.54 Å². The molecule has 2 fully saturated rings. The third-order valence-corrected chi connectivity index (χ3v) is 5.66. The Balaban J connectivity index is 1.77. The minimum Gasteiger partial charge on any atom is -0.487 e. The van der Waals surface area contributed by atoms with Crippen LogP contribution in [0.2, 0.25) is 5.02 Å². The minimum atomic E-state index is -0.188. The molecule has 1 aromatic rings. The van der Waals surface area contributed by atoms with E-state index in [0.29, 0.717) is 11.1 Å². The lowest BCUT2D eigenvalue weighted by molar-refractivity contribution is 0.240. The van der Waals surface area contributed by atoms with Crippen molar-refractivity contribution in [2.45, 2.75) is 43.7 Å². The van der Waals surface area contributed by atoms with Gasteiger partial charge in [0.2, 0.25) is 0 Å². The van der Waals surface area contributed by atoms with Gasteiger partial charge in [0.15, 0.2) is 0 Å². The summed E-state index contributed by atoms with van der Waals surface area (Å²) in [5.41, 5.74) is 7.51. The zero-order chi connectivity index (χ0) is 13.3. The van der Waals surface area contributed by atoms with Crippen LogP contribution in [0.4, 0.5) is 0 Å². The van der Waals surface area contributed by atoms with Gasteiger partial charge in [0.25, 0.3) is 0 Å². The highest BCUT2D eigenvalue weighted by Crippen LogP contribution is 2.38. The zero-order valence-corrected chi connectivity index (χ0v) is 12.6. The van der Waals surface area contributed by atoms with E-state index >= 15 is 0 Å². The third-order valence-electron chi connectivity index (χ3n) is 4.15. The molecule has 1 saturated heterocycles. The van der Waals surface area contributed by atoms with Crippen molar-refractivity contribution in [1.82, 2.24) is 0 Å². The molecule has 0 bridgehead atoms. The van der Waals surface area contributed by atoms with E-state index in [4.69, 9.17) is 22.1 Å². The van der Waals surface area contributed by atoms with Crippen LogP contribution in [0, 0.1) is 0 Å². The van der Waals surface area contributed by atoms with E-state index < -0.39 is 0 Å². The molecule has 0 radical (unpaired) electrons. The van der Waals surface area contributed by atoms with Gasteiger partial charge in [0.1, 0.15) is 11.9 Å². The number of ether oxygens (including phenoxy) is 1. The molecule has 0 amide bonds. The molecular weight excluding hydrogens is 278 g/mol. The summed E-state index contributed by atoms with van der Waals surface area (Å²) in [6.45, 7) is 0. The Labute approximate surface area is 124 Å². The molecule has 4 heteroatoms. The lowest BCUT2D eigenvalue weighted by atomic mass is 9.77. The SMILES string of the molecule is NC1(c2ccc(OC3CSC3)c(Cl)c2)CCCCC1. The average Bonchev–Trinajstić information content (AvgIpc) is 2.36. The van der Waals surface area contributed by atoms with Gasteiger partial charge in [-0.2, -0.15) is 11.8 Å². The number of halogens is 1. The Bertz CT molecular complexity index is 455. The van der Waals surface area contributed by atoms with Crippen molar-refractivity contribution in [3.05, 3.63) is 28.8 Å². The van der Waals surface area contributed by atoms with Crippen molar-refractivity contribution in [2.24, 2.45) is 5.73 Å². The fraction of sp³-hybridized carbons (Fsp3) is 0.600. The van der Waals surface area contributed by atoms with E-state index in [1.165, 1.54) is 19.3 Å². The van der Waals surface area contributed by atoms with Gasteiger partial charge >= 0.3 is 0 Å². The predicted octanol–water partition coefficient (Wildman–Crippen LogP) is 3.95. The Hall–Kier alpha value is -0.380. The summed E-state index contributed by atoms with van der Waals surface area (Å²) in [5.74, 6) is 2.94. The first-order valence-corrected chi connectivity index (χ1v) is 8.54. The topological polar surface area (TPSA) is 35.2 Å². The molecule has 19 heavy (non-hydrogen) atoms. The van der Waals surface area contributed by atoms with Crippen molar-refractivity contribution in [3.63, 3.8) is 0 Å². The zero-order valence-electron chi connectivity index (χ0n) is 11.0. The molecule has 1 aliphatic heterocycles. The molecule has 0 atom stereocenters. The van der Waals surface area contributed by atoms with E-state index in [1.807, 2.05) is 23.9 Å². The molecular formula is C15H20ClNOS. The van der Waals surface area contributed by atoms with Crippen molar-refractivity contribution < 1.29 is 4.74 Å². The van der Waals surface area contributed by atoms with Crippen LogP contribution in [0.1, 0.15) is 37.7 Å². The second kappa shape index (κ2) is 5.55. The fourth-order valence-electron chi connectivity index (χ4n) is 2.84.